The van der Waals surface area contributed by atoms with E-state index in [1.54, 1.807) is 36.4 Å². The van der Waals surface area contributed by atoms with Gasteiger partial charge in [-0.15, -0.1) is 0 Å². The van der Waals surface area contributed by atoms with Crippen molar-refractivity contribution in [2.75, 3.05) is 24.0 Å². The van der Waals surface area contributed by atoms with Gasteiger partial charge in [0.25, 0.3) is 15.9 Å². The van der Waals surface area contributed by atoms with Gasteiger partial charge in [-0.2, -0.15) is 0 Å². The molecule has 1 amide bonds. The average Bonchev–Trinajstić information content (AvgIpc) is 2.82. The number of benzene rings is 3. The van der Waals surface area contributed by atoms with Crippen molar-refractivity contribution >= 4 is 21.6 Å². The van der Waals surface area contributed by atoms with Crippen molar-refractivity contribution in [2.45, 2.75) is 38.7 Å². The van der Waals surface area contributed by atoms with E-state index in [-0.39, 0.29) is 24.6 Å². The summed E-state index contributed by atoms with van der Waals surface area (Å²) < 4.78 is 40.0. The molecular weight excluding hydrogens is 464 g/mol. The Labute approximate surface area is 206 Å². The minimum Gasteiger partial charge on any atom is -0.491 e. The lowest BCUT2D eigenvalue weighted by molar-refractivity contribution is -0.127. The standard InChI is InChI=1S/C27H30N2O5S/c1-18-5-9-22(10-6-18)35(31,32)29-17-26(34-25-12-8-20(3)16-23(25)29)27(30)28-13-14-33-24-11-7-19(2)15-21(24)4/h5-12,15-16,26H,13-14,17H2,1-4H3,(H,28,30)/t26-/m1/s1. The number of sulfonamides is 1. The minimum absolute atomic E-state index is 0.129. The summed E-state index contributed by atoms with van der Waals surface area (Å²) in [6.45, 7) is 8.18. The van der Waals surface area contributed by atoms with Crippen LogP contribution >= 0.6 is 0 Å². The quantitative estimate of drug-likeness (QED) is 0.501. The molecule has 8 heteroatoms. The van der Waals surface area contributed by atoms with Gasteiger partial charge in [0.05, 0.1) is 23.7 Å². The normalized spacial score (nSPS) is 15.2. The molecule has 0 bridgehead atoms. The van der Waals surface area contributed by atoms with Crippen molar-refractivity contribution in [1.82, 2.24) is 5.32 Å². The van der Waals surface area contributed by atoms with Crippen molar-refractivity contribution in [2.24, 2.45) is 0 Å². The second kappa shape index (κ2) is 10.00. The Morgan fingerprint density at radius 2 is 1.63 bits per heavy atom. The van der Waals surface area contributed by atoms with E-state index in [1.807, 2.05) is 52.0 Å². The molecule has 0 saturated carbocycles. The van der Waals surface area contributed by atoms with E-state index in [0.717, 1.165) is 28.0 Å². The molecule has 0 saturated heterocycles. The van der Waals surface area contributed by atoms with Crippen LogP contribution in [0.1, 0.15) is 22.3 Å². The van der Waals surface area contributed by atoms with Crippen molar-refractivity contribution < 1.29 is 22.7 Å². The number of fused-ring (bicyclic) bond motifs is 1. The zero-order chi connectivity index (χ0) is 25.2. The van der Waals surface area contributed by atoms with Gasteiger partial charge in [0.1, 0.15) is 18.1 Å². The van der Waals surface area contributed by atoms with Gasteiger partial charge in [0.15, 0.2) is 6.10 Å². The van der Waals surface area contributed by atoms with Crippen molar-refractivity contribution in [3.05, 3.63) is 82.9 Å². The van der Waals surface area contributed by atoms with Gasteiger partial charge < -0.3 is 14.8 Å². The molecule has 1 atom stereocenters. The molecule has 184 valence electrons. The van der Waals surface area contributed by atoms with Gasteiger partial charge in [-0.1, -0.05) is 41.5 Å². The molecule has 35 heavy (non-hydrogen) atoms. The van der Waals surface area contributed by atoms with Crippen LogP contribution in [0.5, 0.6) is 11.5 Å². The average molecular weight is 495 g/mol. The molecule has 1 aliphatic heterocycles. The van der Waals surface area contributed by atoms with Crippen molar-refractivity contribution in [3.8, 4) is 11.5 Å². The second-order valence-corrected chi connectivity index (χ2v) is 10.7. The first kappa shape index (κ1) is 24.6. The molecule has 1 heterocycles. The maximum absolute atomic E-state index is 13.5. The largest absolute Gasteiger partial charge is 0.491 e. The number of hydrogen-bond acceptors (Lipinski definition) is 5. The van der Waals surface area contributed by atoms with Gasteiger partial charge in [0.2, 0.25) is 0 Å². The number of ether oxygens (including phenoxy) is 2. The Morgan fingerprint density at radius 1 is 0.971 bits per heavy atom. The maximum Gasteiger partial charge on any atom is 0.264 e. The molecular formula is C27H30N2O5S. The van der Waals surface area contributed by atoms with Crippen LogP contribution in [-0.2, 0) is 14.8 Å². The smallest absolute Gasteiger partial charge is 0.264 e. The highest BCUT2D eigenvalue weighted by Gasteiger charge is 2.37. The number of nitrogens with one attached hydrogen (secondary N) is 1. The number of amides is 1. The summed E-state index contributed by atoms with van der Waals surface area (Å²) in [4.78, 5) is 13.1. The van der Waals surface area contributed by atoms with Crippen LogP contribution in [0.3, 0.4) is 0 Å². The van der Waals surface area contributed by atoms with E-state index in [0.29, 0.717) is 11.4 Å². The number of aryl methyl sites for hydroxylation is 4. The summed E-state index contributed by atoms with van der Waals surface area (Å²) in [6, 6.07) is 17.9. The van der Waals surface area contributed by atoms with Crippen molar-refractivity contribution in [1.29, 1.82) is 0 Å². The van der Waals surface area contributed by atoms with Crippen LogP contribution in [0.15, 0.2) is 65.6 Å². The van der Waals surface area contributed by atoms with E-state index < -0.39 is 22.0 Å². The Kier molecular flexibility index (Phi) is 7.03. The van der Waals surface area contributed by atoms with Gasteiger partial charge in [0, 0.05) is 0 Å². The Balaban J connectivity index is 1.48. The minimum atomic E-state index is -3.90. The Hall–Kier alpha value is -3.52. The van der Waals surface area contributed by atoms with Gasteiger partial charge >= 0.3 is 0 Å². The van der Waals surface area contributed by atoms with Crippen LogP contribution in [0, 0.1) is 27.7 Å². The van der Waals surface area contributed by atoms with Gasteiger partial charge in [-0.25, -0.2) is 8.42 Å². The summed E-state index contributed by atoms with van der Waals surface area (Å²) in [7, 11) is -3.90. The van der Waals surface area contributed by atoms with Crippen LogP contribution in [0.2, 0.25) is 0 Å². The molecule has 0 spiro atoms. The summed E-state index contributed by atoms with van der Waals surface area (Å²) >= 11 is 0. The number of rotatable bonds is 7. The zero-order valence-electron chi connectivity index (χ0n) is 20.4. The fourth-order valence-electron chi connectivity index (χ4n) is 3.97. The molecule has 1 aliphatic rings. The van der Waals surface area contributed by atoms with E-state index in [2.05, 4.69) is 5.32 Å². The van der Waals surface area contributed by atoms with E-state index in [1.165, 1.54) is 4.31 Å². The van der Waals surface area contributed by atoms with Gasteiger partial charge in [-0.3, -0.25) is 9.10 Å². The number of carbonyl (C=O) groups is 1. The van der Waals surface area contributed by atoms with E-state index in [9.17, 15) is 13.2 Å². The molecule has 3 aromatic carbocycles. The highest BCUT2D eigenvalue weighted by molar-refractivity contribution is 7.92. The number of hydrogen-bond donors (Lipinski definition) is 1. The molecule has 0 radical (unpaired) electrons. The summed E-state index contributed by atoms with van der Waals surface area (Å²) in [5.41, 5.74) is 4.45. The monoisotopic (exact) mass is 494 g/mol. The third-order valence-corrected chi connectivity index (χ3v) is 7.67. The number of carbonyl (C=O) groups excluding carboxylic acids is 1. The van der Waals surface area contributed by atoms with E-state index >= 15 is 0 Å². The molecule has 4 rings (SSSR count). The predicted molar refractivity (Wildman–Crippen MR) is 136 cm³/mol. The molecule has 0 fully saturated rings. The summed E-state index contributed by atoms with van der Waals surface area (Å²) in [5, 5.41) is 2.80. The van der Waals surface area contributed by atoms with Crippen LogP contribution in [0.25, 0.3) is 0 Å². The number of nitrogens with zero attached hydrogens (tertiary/aromatic N) is 1. The highest BCUT2D eigenvalue weighted by atomic mass is 32.2. The maximum atomic E-state index is 13.5. The second-order valence-electron chi connectivity index (χ2n) is 8.84. The zero-order valence-corrected chi connectivity index (χ0v) is 21.2. The molecule has 0 aliphatic carbocycles. The first-order valence-electron chi connectivity index (χ1n) is 11.5. The third-order valence-electron chi connectivity index (χ3n) is 5.87. The lowest BCUT2D eigenvalue weighted by Gasteiger charge is -2.35. The summed E-state index contributed by atoms with van der Waals surface area (Å²) in [6.07, 6.45) is -0.994. The topological polar surface area (TPSA) is 84.9 Å². The first-order valence-corrected chi connectivity index (χ1v) is 12.9. The molecule has 1 N–H and O–H groups in total. The van der Waals surface area contributed by atoms with Crippen LogP contribution in [-0.4, -0.2) is 40.1 Å². The van der Waals surface area contributed by atoms with Crippen molar-refractivity contribution in [3.63, 3.8) is 0 Å². The summed E-state index contributed by atoms with van der Waals surface area (Å²) in [5.74, 6) is 0.715. The fraction of sp³-hybridized carbons (Fsp3) is 0.296. The predicted octanol–water partition coefficient (Wildman–Crippen LogP) is 4.07. The van der Waals surface area contributed by atoms with Crippen LogP contribution in [0.4, 0.5) is 5.69 Å². The fourth-order valence-corrected chi connectivity index (χ4v) is 5.44. The molecule has 3 aromatic rings. The molecule has 0 aromatic heterocycles. The number of anilines is 1. The van der Waals surface area contributed by atoms with Gasteiger partial charge in [-0.05, 0) is 69.2 Å². The molecule has 0 unspecified atom stereocenters. The first-order chi connectivity index (χ1) is 16.6. The van der Waals surface area contributed by atoms with Crippen LogP contribution < -0.4 is 19.1 Å². The Bertz CT molecular complexity index is 1340. The van der Waals surface area contributed by atoms with E-state index in [4.69, 9.17) is 9.47 Å². The lowest BCUT2D eigenvalue weighted by Crippen LogP contribution is -2.51. The third kappa shape index (κ3) is 5.43. The SMILES string of the molecule is Cc1ccc(S(=O)(=O)N2C[C@H](C(=O)NCCOc3ccc(C)cc3C)Oc3ccc(C)cc32)cc1. The highest BCUT2D eigenvalue weighted by Crippen LogP contribution is 2.37. The Morgan fingerprint density at radius 3 is 2.34 bits per heavy atom. The molecule has 7 nitrogen and oxygen atoms in total. The lowest BCUT2D eigenvalue weighted by atomic mass is 10.1.